The third-order valence-electron chi connectivity index (χ3n) is 8.28. The molecule has 4 heterocycles. The quantitative estimate of drug-likeness (QED) is 0.201. The maximum Gasteiger partial charge on any atom is 0.223 e. The van der Waals surface area contributed by atoms with Crippen molar-refractivity contribution in [3.63, 3.8) is 0 Å². The molecule has 4 aromatic rings. The minimum atomic E-state index is -0.134. The van der Waals surface area contributed by atoms with Crippen molar-refractivity contribution < 1.29 is 4.79 Å². The molecule has 7 rings (SSSR count). The van der Waals surface area contributed by atoms with Gasteiger partial charge in [-0.25, -0.2) is 14.7 Å². The monoisotopic (exact) mass is 585 g/mol. The standard InChI is InChI=1S/C31H32ClN7OS/c1-18-8-9-21(17-33-18)27-23-11-12-25-29(41-31(36-25)34-19(2)40)28(23)39(37-27)26-13-10-22(16-24(26)32)35-30(20-6-5-7-20)38-14-3-4-15-38/h8-10,13,16-17,20H,3-7,11-12,14-15H2,1-2H3,(H,34,36,40). The van der Waals surface area contributed by atoms with E-state index in [9.17, 15) is 4.79 Å². The first-order valence-electron chi connectivity index (χ1n) is 14.4. The number of rotatable bonds is 5. The molecule has 2 fully saturated rings. The minimum Gasteiger partial charge on any atom is -0.360 e. The topological polar surface area (TPSA) is 88.3 Å². The van der Waals surface area contributed by atoms with Gasteiger partial charge in [-0.2, -0.15) is 5.10 Å². The molecule has 0 unspecified atom stereocenters. The van der Waals surface area contributed by atoms with E-state index < -0.39 is 0 Å². The van der Waals surface area contributed by atoms with Gasteiger partial charge in [-0.3, -0.25) is 9.78 Å². The summed E-state index contributed by atoms with van der Waals surface area (Å²) in [6.07, 6.45) is 9.63. The minimum absolute atomic E-state index is 0.134. The smallest absolute Gasteiger partial charge is 0.223 e. The fourth-order valence-electron chi connectivity index (χ4n) is 5.99. The first kappa shape index (κ1) is 26.3. The van der Waals surface area contributed by atoms with E-state index in [2.05, 4.69) is 27.3 Å². The molecule has 10 heteroatoms. The van der Waals surface area contributed by atoms with Gasteiger partial charge < -0.3 is 10.2 Å². The normalized spacial score (nSPS) is 16.9. The lowest BCUT2D eigenvalue weighted by Crippen LogP contribution is -2.37. The molecule has 1 N–H and O–H groups in total. The summed E-state index contributed by atoms with van der Waals surface area (Å²) in [5.74, 6) is 1.64. The van der Waals surface area contributed by atoms with Crippen LogP contribution in [0.25, 0.3) is 27.5 Å². The summed E-state index contributed by atoms with van der Waals surface area (Å²) >= 11 is 8.51. The molecule has 1 amide bonds. The summed E-state index contributed by atoms with van der Waals surface area (Å²) in [7, 11) is 0. The molecule has 3 aliphatic rings. The van der Waals surface area contributed by atoms with Crippen LogP contribution in [0, 0.1) is 12.8 Å². The lowest BCUT2D eigenvalue weighted by Gasteiger charge is -2.33. The predicted octanol–water partition coefficient (Wildman–Crippen LogP) is 7.00. The molecule has 0 radical (unpaired) electrons. The molecule has 8 nitrogen and oxygen atoms in total. The molecule has 0 spiro atoms. The highest BCUT2D eigenvalue weighted by Gasteiger charge is 2.31. The Morgan fingerprint density at radius 1 is 1.12 bits per heavy atom. The number of amidine groups is 1. The highest BCUT2D eigenvalue weighted by atomic mass is 35.5. The van der Waals surface area contributed by atoms with Crippen molar-refractivity contribution in [2.45, 2.75) is 58.8 Å². The summed E-state index contributed by atoms with van der Waals surface area (Å²) in [5.41, 5.74) is 7.57. The predicted molar refractivity (Wildman–Crippen MR) is 165 cm³/mol. The molecule has 41 heavy (non-hydrogen) atoms. The van der Waals surface area contributed by atoms with Gasteiger partial charge in [-0.15, -0.1) is 0 Å². The average molecular weight is 586 g/mol. The van der Waals surface area contributed by atoms with Crippen LogP contribution in [-0.4, -0.2) is 49.5 Å². The molecular weight excluding hydrogens is 554 g/mol. The molecule has 0 bridgehead atoms. The van der Waals surface area contributed by atoms with Gasteiger partial charge >= 0.3 is 0 Å². The van der Waals surface area contributed by atoms with Gasteiger partial charge in [0.15, 0.2) is 5.13 Å². The molecular formula is C31H32ClN7OS. The summed E-state index contributed by atoms with van der Waals surface area (Å²) in [6, 6.07) is 10.1. The number of halogens is 1. The Bertz CT molecular complexity index is 1660. The molecule has 2 aliphatic carbocycles. The number of nitrogens with zero attached hydrogens (tertiary/aromatic N) is 6. The molecule has 1 aliphatic heterocycles. The van der Waals surface area contributed by atoms with Crippen LogP contribution < -0.4 is 5.32 Å². The molecule has 0 atom stereocenters. The number of aryl methyl sites for hydroxylation is 2. The van der Waals surface area contributed by atoms with Crippen LogP contribution in [0.3, 0.4) is 0 Å². The third-order valence-corrected chi connectivity index (χ3v) is 9.60. The number of anilines is 1. The number of thiazole rings is 1. The van der Waals surface area contributed by atoms with Crippen LogP contribution in [0.2, 0.25) is 5.02 Å². The van der Waals surface area contributed by atoms with Gasteiger partial charge in [0.25, 0.3) is 0 Å². The second-order valence-electron chi connectivity index (χ2n) is 11.2. The molecule has 210 valence electrons. The number of hydrogen-bond donors (Lipinski definition) is 1. The van der Waals surface area contributed by atoms with E-state index in [-0.39, 0.29) is 5.91 Å². The van der Waals surface area contributed by atoms with Gasteiger partial charge in [0.2, 0.25) is 5.91 Å². The SMILES string of the molecule is CC(=O)Nc1nc2c(s1)-c1c(c(-c3ccc(C)nc3)nn1-c1ccc(N=C(C3CCC3)N3CCCC3)cc1Cl)CC2. The first-order valence-corrected chi connectivity index (χ1v) is 15.6. The van der Waals surface area contributed by atoms with Gasteiger partial charge in [0, 0.05) is 48.9 Å². The largest absolute Gasteiger partial charge is 0.360 e. The maximum atomic E-state index is 11.8. The van der Waals surface area contributed by atoms with Crippen LogP contribution in [-0.2, 0) is 17.6 Å². The zero-order chi connectivity index (χ0) is 28.1. The number of carbonyl (C=O) groups is 1. The third kappa shape index (κ3) is 4.95. The molecule has 1 saturated heterocycles. The van der Waals surface area contributed by atoms with Crippen molar-refractivity contribution >= 4 is 45.5 Å². The Labute approximate surface area is 248 Å². The van der Waals surface area contributed by atoms with Crippen molar-refractivity contribution in [1.82, 2.24) is 24.6 Å². The van der Waals surface area contributed by atoms with Gasteiger partial charge in [0.05, 0.1) is 38.4 Å². The first-order chi connectivity index (χ1) is 19.9. The van der Waals surface area contributed by atoms with Crippen molar-refractivity contribution in [2.24, 2.45) is 10.9 Å². The highest BCUT2D eigenvalue weighted by Crippen LogP contribution is 2.45. The van der Waals surface area contributed by atoms with E-state index >= 15 is 0 Å². The molecule has 3 aromatic heterocycles. The Morgan fingerprint density at radius 3 is 2.63 bits per heavy atom. The lowest BCUT2D eigenvalue weighted by molar-refractivity contribution is -0.114. The number of likely N-dealkylation sites (tertiary alicyclic amines) is 1. The van der Waals surface area contributed by atoms with Crippen LogP contribution in [0.1, 0.15) is 56.0 Å². The van der Waals surface area contributed by atoms with Crippen molar-refractivity contribution in [2.75, 3.05) is 18.4 Å². The van der Waals surface area contributed by atoms with E-state index in [4.69, 9.17) is 26.7 Å². The maximum absolute atomic E-state index is 11.8. The Kier molecular flexibility index (Phi) is 6.87. The fraction of sp³-hybridized carbons (Fsp3) is 0.387. The van der Waals surface area contributed by atoms with Gasteiger partial charge in [-0.05, 0) is 75.8 Å². The van der Waals surface area contributed by atoms with E-state index in [0.717, 1.165) is 76.1 Å². The fourth-order valence-corrected chi connectivity index (χ4v) is 7.36. The zero-order valence-corrected chi connectivity index (χ0v) is 24.9. The van der Waals surface area contributed by atoms with Crippen molar-refractivity contribution in [3.05, 3.63) is 58.5 Å². The van der Waals surface area contributed by atoms with Crippen LogP contribution >= 0.6 is 22.9 Å². The number of hydrogen-bond acceptors (Lipinski definition) is 6. The summed E-state index contributed by atoms with van der Waals surface area (Å²) in [5, 5.41) is 9.19. The Hall–Kier alpha value is -3.56. The number of benzene rings is 1. The number of nitrogens with one attached hydrogen (secondary N) is 1. The Balaban J connectivity index is 1.33. The summed E-state index contributed by atoms with van der Waals surface area (Å²) < 4.78 is 1.95. The highest BCUT2D eigenvalue weighted by molar-refractivity contribution is 7.19. The number of aromatic nitrogens is 4. The number of aliphatic imine (C=N–C) groups is 1. The van der Waals surface area contributed by atoms with Crippen LogP contribution in [0.15, 0.2) is 41.5 Å². The summed E-state index contributed by atoms with van der Waals surface area (Å²) in [4.78, 5) is 29.7. The van der Waals surface area contributed by atoms with Gasteiger partial charge in [0.1, 0.15) is 5.84 Å². The lowest BCUT2D eigenvalue weighted by atomic mass is 9.84. The van der Waals surface area contributed by atoms with E-state index in [0.29, 0.717) is 16.1 Å². The average Bonchev–Trinajstić information content (AvgIpc) is 3.66. The van der Waals surface area contributed by atoms with Crippen molar-refractivity contribution in [1.29, 1.82) is 0 Å². The van der Waals surface area contributed by atoms with E-state index in [1.54, 1.807) is 0 Å². The molecule has 1 aromatic carbocycles. The second kappa shape index (κ2) is 10.7. The number of amides is 1. The second-order valence-corrected chi connectivity index (χ2v) is 12.6. The number of carbonyl (C=O) groups excluding carboxylic acids is 1. The van der Waals surface area contributed by atoms with E-state index in [1.165, 1.54) is 56.2 Å². The van der Waals surface area contributed by atoms with Crippen LogP contribution in [0.4, 0.5) is 10.8 Å². The summed E-state index contributed by atoms with van der Waals surface area (Å²) in [6.45, 7) is 5.67. The van der Waals surface area contributed by atoms with Gasteiger partial charge in [-0.1, -0.05) is 29.4 Å². The molecule has 1 saturated carbocycles. The number of pyridine rings is 1. The number of fused-ring (bicyclic) bond motifs is 3. The Morgan fingerprint density at radius 2 is 1.95 bits per heavy atom. The van der Waals surface area contributed by atoms with Crippen molar-refractivity contribution in [3.8, 4) is 27.5 Å². The van der Waals surface area contributed by atoms with Crippen LogP contribution in [0.5, 0.6) is 0 Å². The van der Waals surface area contributed by atoms with E-state index in [1.807, 2.05) is 36.0 Å². The zero-order valence-electron chi connectivity index (χ0n) is 23.3.